The quantitative estimate of drug-likeness (QED) is 0.640. The molecule has 0 saturated carbocycles. The molecule has 0 atom stereocenters. The van der Waals surface area contributed by atoms with Crippen molar-refractivity contribution in [2.75, 3.05) is 26.3 Å². The van der Waals surface area contributed by atoms with Crippen LogP contribution in [-0.4, -0.2) is 32.2 Å². The molecule has 0 saturated heterocycles. The number of hydrogen-bond acceptors (Lipinski definition) is 4. The predicted molar refractivity (Wildman–Crippen MR) is 55.5 cm³/mol. The van der Waals surface area contributed by atoms with E-state index in [0.717, 1.165) is 6.42 Å². The van der Waals surface area contributed by atoms with Gasteiger partial charge in [0, 0.05) is 19.7 Å². The molecule has 0 fully saturated rings. The van der Waals surface area contributed by atoms with Crippen LogP contribution in [0.1, 0.15) is 16.8 Å². The first-order valence-electron chi connectivity index (χ1n) is 4.93. The summed E-state index contributed by atoms with van der Waals surface area (Å²) in [5.74, 6) is -0.123. The van der Waals surface area contributed by atoms with Crippen LogP contribution < -0.4 is 11.1 Å². The van der Waals surface area contributed by atoms with Crippen molar-refractivity contribution in [3.8, 4) is 0 Å². The average Bonchev–Trinajstić information content (AvgIpc) is 2.76. The van der Waals surface area contributed by atoms with Gasteiger partial charge in [-0.05, 0) is 12.5 Å². The van der Waals surface area contributed by atoms with Crippen LogP contribution in [0.3, 0.4) is 0 Å². The molecule has 84 valence electrons. The lowest BCUT2D eigenvalue weighted by atomic mass is 10.3. The second-order valence-electron chi connectivity index (χ2n) is 3.02. The van der Waals surface area contributed by atoms with E-state index < -0.39 is 0 Å². The summed E-state index contributed by atoms with van der Waals surface area (Å²) in [6, 6.07) is 1.63. The molecule has 1 aromatic rings. The summed E-state index contributed by atoms with van der Waals surface area (Å²) in [5, 5.41) is 2.75. The largest absolute Gasteiger partial charge is 0.472 e. The number of amides is 1. The van der Waals surface area contributed by atoms with Gasteiger partial charge >= 0.3 is 0 Å². The van der Waals surface area contributed by atoms with Crippen molar-refractivity contribution in [1.82, 2.24) is 5.32 Å². The second-order valence-corrected chi connectivity index (χ2v) is 3.02. The van der Waals surface area contributed by atoms with Gasteiger partial charge in [-0.3, -0.25) is 4.79 Å². The molecule has 0 aromatic carbocycles. The van der Waals surface area contributed by atoms with E-state index in [1.54, 1.807) is 6.07 Å². The molecule has 3 N–H and O–H groups in total. The molecule has 0 unspecified atom stereocenters. The van der Waals surface area contributed by atoms with E-state index >= 15 is 0 Å². The van der Waals surface area contributed by atoms with E-state index in [0.29, 0.717) is 31.9 Å². The molecule has 5 nitrogen and oxygen atoms in total. The zero-order valence-corrected chi connectivity index (χ0v) is 8.57. The highest BCUT2D eigenvalue weighted by Gasteiger charge is 2.04. The van der Waals surface area contributed by atoms with Crippen LogP contribution in [0.25, 0.3) is 0 Å². The van der Waals surface area contributed by atoms with Crippen LogP contribution in [0.15, 0.2) is 23.0 Å². The summed E-state index contributed by atoms with van der Waals surface area (Å²) in [6.45, 7) is 2.30. The van der Waals surface area contributed by atoms with E-state index in [1.165, 1.54) is 12.5 Å². The molecule has 15 heavy (non-hydrogen) atoms. The number of nitrogens with one attached hydrogen (secondary N) is 1. The summed E-state index contributed by atoms with van der Waals surface area (Å²) in [5.41, 5.74) is 5.79. The minimum Gasteiger partial charge on any atom is -0.472 e. The molecule has 0 spiro atoms. The fourth-order valence-electron chi connectivity index (χ4n) is 1.06. The Hall–Kier alpha value is -1.33. The highest BCUT2D eigenvalue weighted by atomic mass is 16.5. The number of hydrogen-bond donors (Lipinski definition) is 2. The van der Waals surface area contributed by atoms with Crippen LogP contribution in [0.2, 0.25) is 0 Å². The Morgan fingerprint density at radius 3 is 3.07 bits per heavy atom. The average molecular weight is 212 g/mol. The minimum atomic E-state index is -0.123. The van der Waals surface area contributed by atoms with Gasteiger partial charge in [0.2, 0.25) is 0 Å². The Labute approximate surface area is 88.6 Å². The fourth-order valence-corrected chi connectivity index (χ4v) is 1.06. The third kappa shape index (κ3) is 4.62. The summed E-state index contributed by atoms with van der Waals surface area (Å²) in [4.78, 5) is 11.4. The maximum absolute atomic E-state index is 11.4. The van der Waals surface area contributed by atoms with Gasteiger partial charge < -0.3 is 20.2 Å². The van der Waals surface area contributed by atoms with Gasteiger partial charge in [0.25, 0.3) is 5.91 Å². The number of furan rings is 1. The summed E-state index contributed by atoms with van der Waals surface area (Å²) >= 11 is 0. The van der Waals surface area contributed by atoms with E-state index in [2.05, 4.69) is 5.32 Å². The molecular weight excluding hydrogens is 196 g/mol. The van der Waals surface area contributed by atoms with Crippen LogP contribution in [0, 0.1) is 0 Å². The van der Waals surface area contributed by atoms with Crippen molar-refractivity contribution < 1.29 is 13.9 Å². The predicted octanol–water partition coefficient (Wildman–Crippen LogP) is 0.375. The van der Waals surface area contributed by atoms with Gasteiger partial charge in [-0.15, -0.1) is 0 Å². The van der Waals surface area contributed by atoms with Crippen LogP contribution in [-0.2, 0) is 4.74 Å². The summed E-state index contributed by atoms with van der Waals surface area (Å²) in [6.07, 6.45) is 3.67. The molecule has 0 radical (unpaired) electrons. The van der Waals surface area contributed by atoms with Crippen LogP contribution in [0.5, 0.6) is 0 Å². The van der Waals surface area contributed by atoms with Crippen molar-refractivity contribution in [2.45, 2.75) is 6.42 Å². The maximum Gasteiger partial charge on any atom is 0.254 e. The van der Waals surface area contributed by atoms with Crippen molar-refractivity contribution in [2.24, 2.45) is 5.73 Å². The molecule has 0 aliphatic carbocycles. The number of carbonyl (C=O) groups excluding carboxylic acids is 1. The van der Waals surface area contributed by atoms with Gasteiger partial charge in [0.15, 0.2) is 0 Å². The van der Waals surface area contributed by atoms with Gasteiger partial charge in [-0.25, -0.2) is 0 Å². The van der Waals surface area contributed by atoms with E-state index in [1.807, 2.05) is 0 Å². The van der Waals surface area contributed by atoms with Crippen molar-refractivity contribution in [3.63, 3.8) is 0 Å². The van der Waals surface area contributed by atoms with Crippen LogP contribution in [0.4, 0.5) is 0 Å². The molecule has 1 aromatic heterocycles. The van der Waals surface area contributed by atoms with Gasteiger partial charge in [0.1, 0.15) is 6.26 Å². The first-order chi connectivity index (χ1) is 7.34. The zero-order valence-electron chi connectivity index (χ0n) is 8.57. The second kappa shape index (κ2) is 7.03. The van der Waals surface area contributed by atoms with Gasteiger partial charge in [-0.1, -0.05) is 0 Å². The minimum absolute atomic E-state index is 0.123. The SMILES string of the molecule is NCCOCCCNC(=O)c1ccoc1. The standard InChI is InChI=1S/C10H16N2O3/c11-3-7-14-5-1-4-12-10(13)9-2-6-15-8-9/h2,6,8H,1,3-5,7,11H2,(H,12,13). The smallest absolute Gasteiger partial charge is 0.254 e. The third-order valence-corrected chi connectivity index (χ3v) is 1.80. The van der Waals surface area contributed by atoms with Gasteiger partial charge in [0.05, 0.1) is 18.4 Å². The molecule has 5 heteroatoms. The number of rotatable bonds is 7. The van der Waals surface area contributed by atoms with Crippen molar-refractivity contribution in [1.29, 1.82) is 0 Å². The topological polar surface area (TPSA) is 77.5 Å². The number of nitrogens with two attached hydrogens (primary N) is 1. The molecule has 0 aliphatic rings. The first-order valence-corrected chi connectivity index (χ1v) is 4.93. The van der Waals surface area contributed by atoms with Crippen molar-refractivity contribution >= 4 is 5.91 Å². The normalized spacial score (nSPS) is 10.2. The van der Waals surface area contributed by atoms with E-state index in [-0.39, 0.29) is 5.91 Å². The number of ether oxygens (including phenoxy) is 1. The lowest BCUT2D eigenvalue weighted by Crippen LogP contribution is -2.25. The summed E-state index contributed by atoms with van der Waals surface area (Å²) < 4.78 is 9.96. The maximum atomic E-state index is 11.4. The third-order valence-electron chi connectivity index (χ3n) is 1.80. The highest BCUT2D eigenvalue weighted by molar-refractivity contribution is 5.93. The zero-order chi connectivity index (χ0) is 10.9. The molecule has 0 bridgehead atoms. The molecular formula is C10H16N2O3. The molecule has 1 heterocycles. The Kier molecular flexibility index (Phi) is 5.50. The Bertz CT molecular complexity index is 272. The Balaban J connectivity index is 2.03. The monoisotopic (exact) mass is 212 g/mol. The van der Waals surface area contributed by atoms with Crippen LogP contribution >= 0.6 is 0 Å². The fraction of sp³-hybridized carbons (Fsp3) is 0.500. The highest BCUT2D eigenvalue weighted by Crippen LogP contribution is 1.98. The lowest BCUT2D eigenvalue weighted by molar-refractivity contribution is 0.0942. The lowest BCUT2D eigenvalue weighted by Gasteiger charge is -2.03. The number of carbonyl (C=O) groups is 1. The van der Waals surface area contributed by atoms with E-state index in [9.17, 15) is 4.79 Å². The Morgan fingerprint density at radius 1 is 1.53 bits per heavy atom. The molecule has 1 rings (SSSR count). The van der Waals surface area contributed by atoms with Gasteiger partial charge in [-0.2, -0.15) is 0 Å². The van der Waals surface area contributed by atoms with Crippen molar-refractivity contribution in [3.05, 3.63) is 24.2 Å². The van der Waals surface area contributed by atoms with E-state index in [4.69, 9.17) is 14.9 Å². The molecule has 1 amide bonds. The first kappa shape index (κ1) is 11.7. The Morgan fingerprint density at radius 2 is 2.40 bits per heavy atom. The molecule has 0 aliphatic heterocycles. The summed E-state index contributed by atoms with van der Waals surface area (Å²) in [7, 11) is 0.